The minimum Gasteiger partial charge on any atom is -0.457 e. The molecule has 0 fully saturated rings. The van der Waals surface area contributed by atoms with Crippen LogP contribution >= 0.6 is 0 Å². The van der Waals surface area contributed by atoms with Crippen LogP contribution in [-0.2, 0) is 0 Å². The third-order valence-corrected chi connectivity index (χ3v) is 4.22. The molecular formula is C18H23NO. The van der Waals surface area contributed by atoms with Crippen molar-refractivity contribution in [2.75, 3.05) is 18.0 Å². The van der Waals surface area contributed by atoms with Crippen LogP contribution in [0.2, 0.25) is 0 Å². The monoisotopic (exact) mass is 269 g/mol. The van der Waals surface area contributed by atoms with Crippen LogP contribution in [0.25, 0.3) is 6.08 Å². The van der Waals surface area contributed by atoms with Gasteiger partial charge in [0.05, 0.1) is 0 Å². The standard InChI is InChI=1S/C18H23NO/c1-3-19(4-2)16-11-10-15-12-14-8-6-5-7-9-17(14)20-18(15)13-16/h9-13H,3-8H2,1-2H3. The minimum atomic E-state index is 1.01. The van der Waals surface area contributed by atoms with Crippen molar-refractivity contribution in [3.05, 3.63) is 41.2 Å². The minimum absolute atomic E-state index is 1.01. The molecule has 1 heterocycles. The summed E-state index contributed by atoms with van der Waals surface area (Å²) >= 11 is 0. The molecule has 1 aliphatic carbocycles. The Morgan fingerprint density at radius 1 is 1.15 bits per heavy atom. The third kappa shape index (κ3) is 2.47. The molecule has 1 aromatic rings. The van der Waals surface area contributed by atoms with Gasteiger partial charge in [-0.1, -0.05) is 0 Å². The summed E-state index contributed by atoms with van der Waals surface area (Å²) < 4.78 is 6.16. The summed E-state index contributed by atoms with van der Waals surface area (Å²) in [5, 5.41) is 0. The van der Waals surface area contributed by atoms with Crippen molar-refractivity contribution in [2.24, 2.45) is 0 Å². The van der Waals surface area contributed by atoms with Gasteiger partial charge in [-0.3, -0.25) is 0 Å². The first-order chi connectivity index (χ1) is 9.81. The lowest BCUT2D eigenvalue weighted by Gasteiger charge is -2.25. The molecule has 0 radical (unpaired) electrons. The second-order valence-electron chi connectivity index (χ2n) is 5.48. The number of allylic oxidation sites excluding steroid dienone is 2. The van der Waals surface area contributed by atoms with Gasteiger partial charge >= 0.3 is 0 Å². The zero-order valence-electron chi connectivity index (χ0n) is 12.5. The van der Waals surface area contributed by atoms with E-state index >= 15 is 0 Å². The highest BCUT2D eigenvalue weighted by Crippen LogP contribution is 2.37. The van der Waals surface area contributed by atoms with Crippen molar-refractivity contribution in [2.45, 2.75) is 39.5 Å². The second-order valence-corrected chi connectivity index (χ2v) is 5.48. The molecule has 2 nitrogen and oxygen atoms in total. The van der Waals surface area contributed by atoms with E-state index in [9.17, 15) is 0 Å². The average molecular weight is 269 g/mol. The van der Waals surface area contributed by atoms with E-state index in [2.05, 4.69) is 49.1 Å². The molecular weight excluding hydrogens is 246 g/mol. The van der Waals surface area contributed by atoms with Crippen molar-refractivity contribution in [1.29, 1.82) is 0 Å². The summed E-state index contributed by atoms with van der Waals surface area (Å²) in [5.74, 6) is 2.10. The van der Waals surface area contributed by atoms with E-state index in [1.54, 1.807) is 0 Å². The van der Waals surface area contributed by atoms with Crippen LogP contribution < -0.4 is 9.64 Å². The van der Waals surface area contributed by atoms with Crippen LogP contribution in [0.15, 0.2) is 35.6 Å². The summed E-state index contributed by atoms with van der Waals surface area (Å²) in [5.41, 5.74) is 3.83. The highest BCUT2D eigenvalue weighted by atomic mass is 16.5. The van der Waals surface area contributed by atoms with Crippen molar-refractivity contribution in [3.63, 3.8) is 0 Å². The van der Waals surface area contributed by atoms with Gasteiger partial charge in [0.2, 0.25) is 0 Å². The zero-order chi connectivity index (χ0) is 13.9. The molecule has 0 unspecified atom stereocenters. The molecule has 0 N–H and O–H groups in total. The Morgan fingerprint density at radius 3 is 2.80 bits per heavy atom. The normalized spacial score (nSPS) is 17.1. The van der Waals surface area contributed by atoms with Gasteiger partial charge in [-0.25, -0.2) is 0 Å². The predicted molar refractivity (Wildman–Crippen MR) is 85.2 cm³/mol. The van der Waals surface area contributed by atoms with Crippen LogP contribution in [-0.4, -0.2) is 13.1 Å². The lowest BCUT2D eigenvalue weighted by molar-refractivity contribution is 0.427. The largest absolute Gasteiger partial charge is 0.457 e. The molecule has 0 bridgehead atoms. The highest BCUT2D eigenvalue weighted by Gasteiger charge is 2.19. The number of hydrogen-bond donors (Lipinski definition) is 0. The lowest BCUT2D eigenvalue weighted by Crippen LogP contribution is -2.21. The summed E-state index contributed by atoms with van der Waals surface area (Å²) in [7, 11) is 0. The molecule has 1 aliphatic heterocycles. The molecule has 2 aliphatic rings. The van der Waals surface area contributed by atoms with E-state index in [4.69, 9.17) is 4.74 Å². The number of benzene rings is 1. The van der Waals surface area contributed by atoms with Crippen molar-refractivity contribution >= 4 is 11.8 Å². The van der Waals surface area contributed by atoms with E-state index in [-0.39, 0.29) is 0 Å². The Balaban J connectivity index is 1.96. The molecule has 0 aromatic heterocycles. The van der Waals surface area contributed by atoms with E-state index in [0.29, 0.717) is 0 Å². The van der Waals surface area contributed by atoms with Gasteiger partial charge in [0.25, 0.3) is 0 Å². The average Bonchev–Trinajstić information content (AvgIpc) is 2.71. The predicted octanol–water partition coefficient (Wildman–Crippen LogP) is 4.77. The number of anilines is 1. The number of rotatable bonds is 3. The van der Waals surface area contributed by atoms with E-state index in [0.717, 1.165) is 37.4 Å². The van der Waals surface area contributed by atoms with E-state index < -0.39 is 0 Å². The smallest absolute Gasteiger partial charge is 0.136 e. The fourth-order valence-corrected chi connectivity index (χ4v) is 3.02. The molecule has 0 atom stereocenters. The van der Waals surface area contributed by atoms with Gasteiger partial charge in [-0.15, -0.1) is 0 Å². The molecule has 106 valence electrons. The number of fused-ring (bicyclic) bond motifs is 2. The van der Waals surface area contributed by atoms with Gasteiger partial charge in [0, 0.05) is 30.4 Å². The molecule has 0 saturated heterocycles. The fourth-order valence-electron chi connectivity index (χ4n) is 3.02. The summed E-state index contributed by atoms with van der Waals surface area (Å²) in [6, 6.07) is 6.58. The summed E-state index contributed by atoms with van der Waals surface area (Å²) in [6.07, 6.45) is 9.38. The maximum absolute atomic E-state index is 6.16. The maximum atomic E-state index is 6.16. The highest BCUT2D eigenvalue weighted by molar-refractivity contribution is 5.70. The second kappa shape index (κ2) is 5.74. The Bertz CT molecular complexity index is 553. The lowest BCUT2D eigenvalue weighted by atomic mass is 10.0. The Morgan fingerprint density at radius 2 is 2.00 bits per heavy atom. The van der Waals surface area contributed by atoms with E-state index in [1.807, 2.05) is 0 Å². The molecule has 0 saturated carbocycles. The first-order valence-electron chi connectivity index (χ1n) is 7.79. The summed E-state index contributed by atoms with van der Waals surface area (Å²) in [6.45, 7) is 6.43. The molecule has 0 amide bonds. The van der Waals surface area contributed by atoms with Crippen LogP contribution in [0.3, 0.4) is 0 Å². The Labute approximate surface area is 121 Å². The van der Waals surface area contributed by atoms with Crippen LogP contribution in [0.1, 0.15) is 45.1 Å². The summed E-state index contributed by atoms with van der Waals surface area (Å²) in [4.78, 5) is 2.35. The maximum Gasteiger partial charge on any atom is 0.136 e. The fraction of sp³-hybridized carbons (Fsp3) is 0.444. The molecule has 3 rings (SSSR count). The number of nitrogens with zero attached hydrogens (tertiary/aromatic N) is 1. The van der Waals surface area contributed by atoms with Crippen LogP contribution in [0, 0.1) is 0 Å². The third-order valence-electron chi connectivity index (χ3n) is 4.22. The van der Waals surface area contributed by atoms with Gasteiger partial charge in [0.1, 0.15) is 11.5 Å². The number of ether oxygens (including phenoxy) is 1. The molecule has 2 heteroatoms. The molecule has 20 heavy (non-hydrogen) atoms. The van der Waals surface area contributed by atoms with Gasteiger partial charge in [0.15, 0.2) is 0 Å². The quantitative estimate of drug-likeness (QED) is 0.784. The SMILES string of the molecule is CCN(CC)c1ccc2c(c1)OC1=CCCCCC1=C2. The zero-order valence-corrected chi connectivity index (χ0v) is 12.5. The molecule has 1 aromatic carbocycles. The van der Waals surface area contributed by atoms with E-state index in [1.165, 1.54) is 29.7 Å². The van der Waals surface area contributed by atoms with Crippen LogP contribution in [0.5, 0.6) is 5.75 Å². The van der Waals surface area contributed by atoms with Crippen molar-refractivity contribution in [3.8, 4) is 5.75 Å². The van der Waals surface area contributed by atoms with Crippen molar-refractivity contribution < 1.29 is 4.74 Å². The van der Waals surface area contributed by atoms with Gasteiger partial charge in [-0.05, 0) is 69.4 Å². The Kier molecular flexibility index (Phi) is 3.81. The first-order valence-corrected chi connectivity index (χ1v) is 7.79. The topological polar surface area (TPSA) is 12.5 Å². The van der Waals surface area contributed by atoms with Gasteiger partial charge in [-0.2, -0.15) is 0 Å². The van der Waals surface area contributed by atoms with Gasteiger partial charge < -0.3 is 9.64 Å². The van der Waals surface area contributed by atoms with Crippen molar-refractivity contribution in [1.82, 2.24) is 0 Å². The Hall–Kier alpha value is -1.70. The molecule has 0 spiro atoms. The van der Waals surface area contributed by atoms with Crippen LogP contribution in [0.4, 0.5) is 5.69 Å². The number of hydrogen-bond acceptors (Lipinski definition) is 2. The first kappa shape index (κ1) is 13.3.